The number of nitro groups is 1. The van der Waals surface area contributed by atoms with Crippen molar-refractivity contribution in [2.24, 2.45) is 0 Å². The van der Waals surface area contributed by atoms with Crippen molar-refractivity contribution in [2.45, 2.75) is 79.7 Å². The van der Waals surface area contributed by atoms with Gasteiger partial charge in [0.2, 0.25) is 0 Å². The molecule has 3 heterocycles. The molecule has 0 aliphatic rings. The lowest BCUT2D eigenvalue weighted by atomic mass is 10.1. The van der Waals surface area contributed by atoms with Crippen molar-refractivity contribution in [2.75, 3.05) is 26.2 Å². The Morgan fingerprint density at radius 2 is 1.59 bits per heavy atom. The van der Waals surface area contributed by atoms with Crippen molar-refractivity contribution in [3.05, 3.63) is 90.6 Å². The van der Waals surface area contributed by atoms with Crippen LogP contribution in [0.25, 0.3) is 11.2 Å². The molecule has 3 aromatic heterocycles. The van der Waals surface area contributed by atoms with Crippen LogP contribution in [0.1, 0.15) is 58.0 Å². The molecule has 0 unspecified atom stereocenters. The number of nitro benzene ring substituents is 1. The Balaban J connectivity index is 1.94. The van der Waals surface area contributed by atoms with Crippen molar-refractivity contribution < 1.29 is 4.92 Å². The monoisotopic (exact) mass is 605 g/mol. The van der Waals surface area contributed by atoms with Crippen molar-refractivity contribution in [1.29, 1.82) is 0 Å². The number of hydrogen-bond donors (Lipinski definition) is 0. The number of imidazole rings is 1. The smallest absolute Gasteiger partial charge is 0.319 e. The first-order valence-corrected chi connectivity index (χ1v) is 15.5. The highest BCUT2D eigenvalue weighted by Gasteiger charge is 2.27. The van der Waals surface area contributed by atoms with E-state index in [1.54, 1.807) is 29.1 Å². The maximum Gasteiger partial charge on any atom is 0.332 e. The van der Waals surface area contributed by atoms with Crippen molar-refractivity contribution in [3.8, 4) is 0 Å². The lowest BCUT2D eigenvalue weighted by Crippen LogP contribution is -2.51. The summed E-state index contributed by atoms with van der Waals surface area (Å²) in [6.07, 6.45) is 4.67. The van der Waals surface area contributed by atoms with E-state index in [1.807, 2.05) is 17.6 Å². The minimum absolute atomic E-state index is 0.00372. The predicted octanol–water partition coefficient (Wildman–Crippen LogP) is 3.31. The highest BCUT2D eigenvalue weighted by Crippen LogP contribution is 2.20. The van der Waals surface area contributed by atoms with Gasteiger partial charge in [0.1, 0.15) is 5.82 Å². The van der Waals surface area contributed by atoms with Crippen molar-refractivity contribution in [3.63, 3.8) is 0 Å². The van der Waals surface area contributed by atoms with Gasteiger partial charge in [-0.25, -0.2) is 9.78 Å². The molecule has 0 aliphatic heterocycles. The predicted molar refractivity (Wildman–Crippen MR) is 170 cm³/mol. The van der Waals surface area contributed by atoms with E-state index in [2.05, 4.69) is 47.7 Å². The van der Waals surface area contributed by atoms with Gasteiger partial charge in [0.15, 0.2) is 11.2 Å². The van der Waals surface area contributed by atoms with Gasteiger partial charge in [-0.2, -0.15) is 10.2 Å². The highest BCUT2D eigenvalue weighted by atomic mass is 16.6. The molecule has 236 valence electrons. The molecule has 1 aromatic carbocycles. The van der Waals surface area contributed by atoms with Gasteiger partial charge in [0.05, 0.1) is 23.8 Å². The third-order valence-electron chi connectivity index (χ3n) is 8.21. The van der Waals surface area contributed by atoms with E-state index in [0.29, 0.717) is 42.8 Å². The third-order valence-corrected chi connectivity index (χ3v) is 8.21. The summed E-state index contributed by atoms with van der Waals surface area (Å²) in [6, 6.07) is 8.27. The average molecular weight is 606 g/mol. The Morgan fingerprint density at radius 1 is 0.886 bits per heavy atom. The minimum atomic E-state index is -0.431. The lowest BCUT2D eigenvalue weighted by Gasteiger charge is -2.38. The van der Waals surface area contributed by atoms with Crippen LogP contribution in [-0.4, -0.2) is 76.0 Å². The lowest BCUT2D eigenvalue weighted by molar-refractivity contribution is -0.384. The second-order valence-electron chi connectivity index (χ2n) is 10.7. The second-order valence-corrected chi connectivity index (χ2v) is 10.7. The van der Waals surface area contributed by atoms with E-state index in [-0.39, 0.29) is 30.5 Å². The summed E-state index contributed by atoms with van der Waals surface area (Å²) >= 11 is 0. The number of aryl methyl sites for hydroxylation is 2. The molecule has 13 heteroatoms. The quantitative estimate of drug-likeness (QED) is 0.107. The molecule has 0 N–H and O–H groups in total. The van der Waals surface area contributed by atoms with Crippen LogP contribution in [-0.2, 0) is 32.5 Å². The number of nitrogens with zero attached hydrogens (tertiary/aromatic N) is 9. The molecule has 4 rings (SSSR count). The number of non-ortho nitro benzene ring substituents is 1. The Morgan fingerprint density at radius 3 is 2.18 bits per heavy atom. The highest BCUT2D eigenvalue weighted by molar-refractivity contribution is 5.71. The molecule has 0 atom stereocenters. The first-order chi connectivity index (χ1) is 21.3. The summed E-state index contributed by atoms with van der Waals surface area (Å²) in [4.78, 5) is 48.6. The zero-order valence-corrected chi connectivity index (χ0v) is 26.3. The van der Waals surface area contributed by atoms with Gasteiger partial charge in [0, 0.05) is 37.8 Å². The van der Waals surface area contributed by atoms with Gasteiger partial charge in [-0.05, 0) is 56.2 Å². The third kappa shape index (κ3) is 6.94. The number of benzene rings is 1. The summed E-state index contributed by atoms with van der Waals surface area (Å²) in [5, 5.41) is 19.3. The number of aromatic nitrogens is 6. The second kappa shape index (κ2) is 15.0. The standard InChI is InChI=1S/C31H43N9O4/c1-6-17-38-30(41)28-29(37(31(38)42)18-15-23-12-11-13-25(19-23)40(43)44)34-26(20-24-14-16-32-33-21-24)39(28)22-27(35(7-2)8-3)36(9-4)10-5/h11-14,16,19,21,27H,6-10,15,17-18,20,22H2,1-5H3. The Kier molecular flexibility index (Phi) is 11.1. The first-order valence-electron chi connectivity index (χ1n) is 15.5. The Labute approximate surface area is 256 Å². The van der Waals surface area contributed by atoms with Gasteiger partial charge >= 0.3 is 5.69 Å². The molecule has 0 spiro atoms. The summed E-state index contributed by atoms with van der Waals surface area (Å²) in [7, 11) is 0. The first kappa shape index (κ1) is 32.7. The molecule has 0 aliphatic carbocycles. The number of hydrogen-bond acceptors (Lipinski definition) is 9. The zero-order valence-electron chi connectivity index (χ0n) is 26.3. The summed E-state index contributed by atoms with van der Waals surface area (Å²) in [6.45, 7) is 14.8. The summed E-state index contributed by atoms with van der Waals surface area (Å²) < 4.78 is 4.85. The molecular formula is C31H43N9O4. The van der Waals surface area contributed by atoms with Crippen LogP contribution in [0.3, 0.4) is 0 Å². The van der Waals surface area contributed by atoms with Crippen LogP contribution in [0.2, 0.25) is 0 Å². The largest absolute Gasteiger partial charge is 0.332 e. The van der Waals surface area contributed by atoms with Gasteiger partial charge in [-0.3, -0.25) is 33.8 Å². The maximum atomic E-state index is 14.1. The van der Waals surface area contributed by atoms with Crippen molar-refractivity contribution in [1.82, 2.24) is 38.7 Å². The Bertz CT molecular complexity index is 1660. The number of rotatable bonds is 16. The fourth-order valence-corrected chi connectivity index (χ4v) is 5.88. The van der Waals surface area contributed by atoms with Gasteiger partial charge in [-0.15, -0.1) is 0 Å². The molecule has 0 amide bonds. The maximum absolute atomic E-state index is 14.1. The van der Waals surface area contributed by atoms with Crippen LogP contribution < -0.4 is 11.2 Å². The molecule has 0 saturated heterocycles. The van der Waals surface area contributed by atoms with E-state index in [1.165, 1.54) is 16.7 Å². The molecule has 44 heavy (non-hydrogen) atoms. The van der Waals surface area contributed by atoms with Crippen LogP contribution in [0.15, 0.2) is 52.3 Å². The molecule has 0 fully saturated rings. The molecule has 0 saturated carbocycles. The SMILES string of the molecule is CCCn1c(=O)c2c(nc(Cc3ccnnc3)n2CC(N(CC)CC)N(CC)CC)n(CCc2cccc([N+](=O)[O-])c2)c1=O. The Hall–Kier alpha value is -4.23. The number of likely N-dealkylation sites (N-methyl/N-ethyl adjacent to an activating group) is 2. The fraction of sp³-hybridized carbons (Fsp3) is 0.516. The molecule has 0 bridgehead atoms. The fourth-order valence-electron chi connectivity index (χ4n) is 5.88. The summed E-state index contributed by atoms with van der Waals surface area (Å²) in [5.74, 6) is 0.659. The average Bonchev–Trinajstić information content (AvgIpc) is 3.38. The van der Waals surface area contributed by atoms with E-state index >= 15 is 0 Å². The van der Waals surface area contributed by atoms with Gasteiger partial charge in [-0.1, -0.05) is 46.8 Å². The van der Waals surface area contributed by atoms with Crippen LogP contribution in [0, 0.1) is 10.1 Å². The zero-order chi connectivity index (χ0) is 31.8. The topological polar surface area (TPSA) is 137 Å². The van der Waals surface area contributed by atoms with Crippen LogP contribution >= 0.6 is 0 Å². The summed E-state index contributed by atoms with van der Waals surface area (Å²) in [5.41, 5.74) is 1.53. The molecule has 4 aromatic rings. The van der Waals surface area contributed by atoms with Gasteiger partial charge < -0.3 is 4.57 Å². The van der Waals surface area contributed by atoms with Gasteiger partial charge in [0.25, 0.3) is 11.2 Å². The van der Waals surface area contributed by atoms with Crippen LogP contribution in [0.4, 0.5) is 5.69 Å². The van der Waals surface area contributed by atoms with Crippen LogP contribution in [0.5, 0.6) is 0 Å². The molecule has 13 nitrogen and oxygen atoms in total. The van der Waals surface area contributed by atoms with E-state index < -0.39 is 10.6 Å². The van der Waals surface area contributed by atoms with E-state index in [4.69, 9.17) is 4.98 Å². The van der Waals surface area contributed by atoms with E-state index in [9.17, 15) is 19.7 Å². The van der Waals surface area contributed by atoms with Crippen molar-refractivity contribution >= 4 is 16.9 Å². The number of fused-ring (bicyclic) bond motifs is 1. The minimum Gasteiger partial charge on any atom is -0.319 e. The molecular weight excluding hydrogens is 562 g/mol. The molecule has 0 radical (unpaired) electrons. The van der Waals surface area contributed by atoms with E-state index in [0.717, 1.165) is 37.3 Å². The normalized spacial score (nSPS) is 11.8.